The van der Waals surface area contributed by atoms with Gasteiger partial charge in [0.25, 0.3) is 5.91 Å². The average Bonchev–Trinajstić information content (AvgIpc) is 3.21. The largest absolute Gasteiger partial charge is 0.457 e. The summed E-state index contributed by atoms with van der Waals surface area (Å²) in [5, 5.41) is 12.6. The van der Waals surface area contributed by atoms with Crippen molar-refractivity contribution in [3.8, 4) is 17.4 Å². The minimum Gasteiger partial charge on any atom is -0.457 e. The summed E-state index contributed by atoms with van der Waals surface area (Å²) in [6, 6.07) is 19.7. The van der Waals surface area contributed by atoms with Gasteiger partial charge in [0.2, 0.25) is 0 Å². The number of benzene rings is 2. The van der Waals surface area contributed by atoms with Crippen LogP contribution in [0.3, 0.4) is 0 Å². The van der Waals surface area contributed by atoms with Crippen molar-refractivity contribution in [3.63, 3.8) is 0 Å². The Balaban J connectivity index is 1.80. The number of carbonyl (C=O) groups is 1. The molecule has 1 atom stereocenters. The molecular weight excluding hydrogens is 394 g/mol. The molecule has 0 spiro atoms. The van der Waals surface area contributed by atoms with Crippen LogP contribution in [0.25, 0.3) is 11.3 Å². The molecular formula is C24H21N3O2S. The van der Waals surface area contributed by atoms with Crippen molar-refractivity contribution < 1.29 is 9.21 Å². The predicted molar refractivity (Wildman–Crippen MR) is 120 cm³/mol. The topological polar surface area (TPSA) is 69.3 Å². The molecule has 0 saturated carbocycles. The molecule has 1 unspecified atom stereocenters. The molecule has 4 rings (SSSR count). The van der Waals surface area contributed by atoms with Gasteiger partial charge in [-0.1, -0.05) is 35.9 Å². The Morgan fingerprint density at radius 2 is 1.77 bits per heavy atom. The van der Waals surface area contributed by atoms with E-state index in [1.165, 1.54) is 5.56 Å². The summed E-state index contributed by atoms with van der Waals surface area (Å²) in [6.45, 7) is 6.09. The van der Waals surface area contributed by atoms with Gasteiger partial charge >= 0.3 is 0 Å². The number of amides is 1. The third kappa shape index (κ3) is 3.49. The van der Waals surface area contributed by atoms with Gasteiger partial charge in [-0.3, -0.25) is 4.79 Å². The van der Waals surface area contributed by atoms with Crippen LogP contribution in [0.1, 0.15) is 28.6 Å². The molecule has 150 valence electrons. The van der Waals surface area contributed by atoms with Crippen molar-refractivity contribution in [2.24, 2.45) is 0 Å². The summed E-state index contributed by atoms with van der Waals surface area (Å²) >= 11 is 4.54. The molecule has 0 fully saturated rings. The van der Waals surface area contributed by atoms with E-state index in [9.17, 15) is 10.1 Å². The minimum atomic E-state index is -0.622. The van der Waals surface area contributed by atoms with Gasteiger partial charge in [0.15, 0.2) is 6.17 Å². The lowest BCUT2D eigenvalue weighted by Crippen LogP contribution is -2.45. The van der Waals surface area contributed by atoms with Crippen molar-refractivity contribution >= 4 is 24.2 Å². The van der Waals surface area contributed by atoms with E-state index >= 15 is 0 Å². The summed E-state index contributed by atoms with van der Waals surface area (Å²) in [7, 11) is 0. The van der Waals surface area contributed by atoms with Crippen LogP contribution in [0.5, 0.6) is 0 Å². The second kappa shape index (κ2) is 7.77. The van der Waals surface area contributed by atoms with E-state index in [2.05, 4.69) is 17.9 Å². The van der Waals surface area contributed by atoms with Crippen LogP contribution in [0.2, 0.25) is 0 Å². The van der Waals surface area contributed by atoms with Crippen LogP contribution >= 0.6 is 12.6 Å². The zero-order valence-corrected chi connectivity index (χ0v) is 17.8. The van der Waals surface area contributed by atoms with Crippen LogP contribution in [-0.4, -0.2) is 5.91 Å². The average molecular weight is 416 g/mol. The van der Waals surface area contributed by atoms with Gasteiger partial charge in [-0.25, -0.2) is 0 Å². The molecule has 2 aromatic carbocycles. The molecule has 0 saturated heterocycles. The fourth-order valence-electron chi connectivity index (χ4n) is 3.42. The number of nitrogens with one attached hydrogen (secondary N) is 1. The summed E-state index contributed by atoms with van der Waals surface area (Å²) in [5.41, 5.74) is 5.15. The summed E-state index contributed by atoms with van der Waals surface area (Å²) < 4.78 is 6.12. The second-order valence-electron chi connectivity index (χ2n) is 7.39. The number of carbonyl (C=O) groups excluding carboxylic acids is 1. The number of anilines is 1. The zero-order chi connectivity index (χ0) is 21.4. The number of aryl methyl sites for hydroxylation is 3. The third-order valence-electron chi connectivity index (χ3n) is 5.32. The van der Waals surface area contributed by atoms with Gasteiger partial charge in [0.1, 0.15) is 23.2 Å². The van der Waals surface area contributed by atoms with E-state index in [0.29, 0.717) is 16.5 Å². The van der Waals surface area contributed by atoms with E-state index in [-0.39, 0.29) is 5.57 Å². The Morgan fingerprint density at radius 3 is 2.43 bits per heavy atom. The molecule has 1 amide bonds. The highest BCUT2D eigenvalue weighted by molar-refractivity contribution is 7.84. The zero-order valence-electron chi connectivity index (χ0n) is 16.9. The van der Waals surface area contributed by atoms with Crippen LogP contribution in [-0.2, 0) is 4.79 Å². The molecule has 3 aromatic rings. The molecule has 6 heteroatoms. The minimum absolute atomic E-state index is 0.0295. The monoisotopic (exact) mass is 415 g/mol. The van der Waals surface area contributed by atoms with Crippen molar-refractivity contribution in [3.05, 3.63) is 87.7 Å². The number of nitrogens with zero attached hydrogens (tertiary/aromatic N) is 2. The van der Waals surface area contributed by atoms with Gasteiger partial charge in [-0.2, -0.15) is 5.26 Å². The fourth-order valence-corrected chi connectivity index (χ4v) is 3.81. The van der Waals surface area contributed by atoms with Crippen molar-refractivity contribution in [1.29, 1.82) is 5.26 Å². The predicted octanol–water partition coefficient (Wildman–Crippen LogP) is 5.17. The van der Waals surface area contributed by atoms with Gasteiger partial charge < -0.3 is 14.6 Å². The number of furan rings is 1. The first-order valence-electron chi connectivity index (χ1n) is 9.56. The number of hydrogen-bond acceptors (Lipinski definition) is 5. The van der Waals surface area contributed by atoms with E-state index < -0.39 is 12.1 Å². The lowest BCUT2D eigenvalue weighted by atomic mass is 10.1. The highest BCUT2D eigenvalue weighted by Gasteiger charge is 2.35. The Morgan fingerprint density at radius 1 is 1.03 bits per heavy atom. The van der Waals surface area contributed by atoms with Gasteiger partial charge in [-0.05, 0) is 56.2 Å². The van der Waals surface area contributed by atoms with Gasteiger partial charge in [0, 0.05) is 11.3 Å². The smallest absolute Gasteiger partial charge is 0.266 e. The fraction of sp³-hybridized carbons (Fsp3) is 0.167. The standard InChI is InChI=1S/C24H21N3O2S/c1-14-4-7-17(8-5-14)20-10-11-21(29-20)22-26-23(28)19(13-25)24(30)27(22)18-9-6-15(2)16(3)12-18/h4-12,22,30H,1-3H3,(H,26,28). The lowest BCUT2D eigenvalue weighted by Gasteiger charge is -2.36. The highest BCUT2D eigenvalue weighted by Crippen LogP contribution is 2.38. The Hall–Kier alpha value is -3.43. The number of thiol groups is 1. The number of nitriles is 1. The third-order valence-corrected chi connectivity index (χ3v) is 5.76. The molecule has 0 radical (unpaired) electrons. The van der Waals surface area contributed by atoms with E-state index in [4.69, 9.17) is 4.42 Å². The Kier molecular flexibility index (Phi) is 5.15. The van der Waals surface area contributed by atoms with E-state index in [1.54, 1.807) is 0 Å². The molecule has 2 heterocycles. The normalized spacial score (nSPS) is 16.4. The first kappa shape index (κ1) is 19.9. The molecule has 1 N–H and O–H groups in total. The quantitative estimate of drug-likeness (QED) is 0.579. The second-order valence-corrected chi connectivity index (χ2v) is 7.82. The highest BCUT2D eigenvalue weighted by atomic mass is 32.1. The van der Waals surface area contributed by atoms with Crippen molar-refractivity contribution in [2.45, 2.75) is 26.9 Å². The molecule has 0 bridgehead atoms. The van der Waals surface area contributed by atoms with Crippen LogP contribution < -0.4 is 10.2 Å². The maximum atomic E-state index is 12.5. The summed E-state index contributed by atoms with van der Waals surface area (Å²) in [4.78, 5) is 14.3. The van der Waals surface area contributed by atoms with Crippen molar-refractivity contribution in [2.75, 3.05) is 4.90 Å². The maximum absolute atomic E-state index is 12.5. The molecule has 5 nitrogen and oxygen atoms in total. The first-order chi connectivity index (χ1) is 14.4. The number of rotatable bonds is 3. The molecule has 0 aliphatic carbocycles. The molecule has 1 aliphatic rings. The van der Waals surface area contributed by atoms with Crippen LogP contribution in [0, 0.1) is 32.1 Å². The van der Waals surface area contributed by atoms with Crippen molar-refractivity contribution in [1.82, 2.24) is 5.32 Å². The molecule has 30 heavy (non-hydrogen) atoms. The maximum Gasteiger partial charge on any atom is 0.266 e. The SMILES string of the molecule is Cc1ccc(-c2ccc(C3NC(=O)C(C#N)=C(S)N3c3ccc(C)c(C)c3)o2)cc1. The first-order valence-corrected chi connectivity index (χ1v) is 10.0. The summed E-state index contributed by atoms with van der Waals surface area (Å²) in [6.07, 6.45) is -0.622. The molecule has 1 aromatic heterocycles. The van der Waals surface area contributed by atoms with E-state index in [1.807, 2.05) is 86.3 Å². The Bertz CT molecular complexity index is 1200. The Labute approximate surface area is 181 Å². The van der Waals surface area contributed by atoms with Gasteiger partial charge in [0.05, 0.1) is 5.03 Å². The van der Waals surface area contributed by atoms with Gasteiger partial charge in [-0.15, -0.1) is 12.6 Å². The summed E-state index contributed by atoms with van der Waals surface area (Å²) in [5.74, 6) is 0.789. The van der Waals surface area contributed by atoms with E-state index in [0.717, 1.165) is 22.4 Å². The van der Waals surface area contributed by atoms with Crippen LogP contribution in [0.4, 0.5) is 5.69 Å². The lowest BCUT2D eigenvalue weighted by molar-refractivity contribution is -0.118. The molecule has 1 aliphatic heterocycles. The van der Waals surface area contributed by atoms with Crippen LogP contribution in [0.15, 0.2) is 69.6 Å². The number of hydrogen-bond donors (Lipinski definition) is 2.